The molecule has 0 saturated heterocycles. The molecule has 0 radical (unpaired) electrons. The minimum atomic E-state index is -0.173. The van der Waals surface area contributed by atoms with Crippen molar-refractivity contribution in [3.8, 4) is 61.6 Å². The van der Waals surface area contributed by atoms with Crippen LogP contribution in [0.4, 0.5) is 0 Å². The highest BCUT2D eigenvalue weighted by Gasteiger charge is 2.37. The summed E-state index contributed by atoms with van der Waals surface area (Å²) < 4.78 is 44.4. The maximum Gasteiger partial charge on any atom is 0.143 e. The largest absolute Gasteiger partial charge is 0.456 e. The summed E-state index contributed by atoms with van der Waals surface area (Å²) in [5.41, 5.74) is 33.5. The van der Waals surface area contributed by atoms with Gasteiger partial charge in [0.05, 0.1) is 33.1 Å². The highest BCUT2D eigenvalue weighted by Crippen LogP contribution is 2.52. The van der Waals surface area contributed by atoms with Crippen molar-refractivity contribution in [2.75, 3.05) is 0 Å². The van der Waals surface area contributed by atoms with Gasteiger partial charge >= 0.3 is 0 Å². The first-order valence-corrected chi connectivity index (χ1v) is 43.0. The van der Waals surface area contributed by atoms with E-state index in [1.165, 1.54) is 93.4 Å². The molecular formula is C117H71N3O6. The lowest BCUT2D eigenvalue weighted by Gasteiger charge is -2.23. The normalized spacial score (nSPS) is 12.7. The first kappa shape index (κ1) is 70.1. The molecule has 0 atom stereocenters. The van der Waals surface area contributed by atoms with Crippen molar-refractivity contribution in [2.24, 2.45) is 0 Å². The van der Waals surface area contributed by atoms with Crippen LogP contribution in [0.25, 0.3) is 259 Å². The fourth-order valence-electron chi connectivity index (χ4n) is 20.8. The molecular weight excluding hydrogens is 1540 g/mol. The number of furan rings is 6. The van der Waals surface area contributed by atoms with Crippen LogP contribution in [0.15, 0.2) is 421 Å². The average molecular weight is 1610 g/mol. The van der Waals surface area contributed by atoms with Gasteiger partial charge in [0.15, 0.2) is 0 Å². The maximum absolute atomic E-state index is 6.37. The molecule has 0 bridgehead atoms. The van der Waals surface area contributed by atoms with Crippen LogP contribution >= 0.6 is 0 Å². The smallest absolute Gasteiger partial charge is 0.143 e. The number of fused-ring (bicyclic) bond motifs is 30. The Balaban J connectivity index is 0.0000000990. The van der Waals surface area contributed by atoms with E-state index in [0.717, 1.165) is 176 Å². The van der Waals surface area contributed by atoms with E-state index in [-0.39, 0.29) is 5.41 Å². The third-order valence-electron chi connectivity index (χ3n) is 26.8. The van der Waals surface area contributed by atoms with Gasteiger partial charge in [-0.05, 0) is 190 Å². The molecule has 0 fully saturated rings. The van der Waals surface area contributed by atoms with E-state index in [1.807, 2.05) is 66.7 Å². The molecule has 0 N–H and O–H groups in total. The van der Waals surface area contributed by atoms with Gasteiger partial charge in [-0.1, -0.05) is 250 Å². The lowest BCUT2D eigenvalue weighted by Crippen LogP contribution is -2.15. The SMILES string of the molecule is CC1(C)c2cc(-c3ccc4oc5ccccc5c4c3)ccc2-c2ccc(-n3c4ccccc4c4cc5c(cc43)oc3ccccc35)cc21.c1ccc2c(c1)oc1cc3c(cc12)c1ccccc1n3-c1ccc(-c2cccc3c2oc2ccccc23)cc1.c1ccc2c(c1)oc1ccc(-c3ccc(-n4c5ccccc5c5cc6c(cc54)oc4ccccc46)cc3)cc12. The van der Waals surface area contributed by atoms with Crippen LogP contribution in [0.1, 0.15) is 25.0 Å². The van der Waals surface area contributed by atoms with Gasteiger partial charge in [0.1, 0.15) is 67.0 Å². The summed E-state index contributed by atoms with van der Waals surface area (Å²) in [6.45, 7) is 4.73. The van der Waals surface area contributed by atoms with Gasteiger partial charge in [-0.25, -0.2) is 0 Å². The molecule has 29 rings (SSSR count). The van der Waals surface area contributed by atoms with Crippen molar-refractivity contribution in [3.05, 3.63) is 405 Å². The van der Waals surface area contributed by atoms with Gasteiger partial charge in [-0.2, -0.15) is 0 Å². The zero-order chi connectivity index (χ0) is 82.7. The Hall–Kier alpha value is -16.6. The molecule has 9 nitrogen and oxygen atoms in total. The third kappa shape index (κ3) is 10.5. The molecule has 126 heavy (non-hydrogen) atoms. The summed E-state index contributed by atoms with van der Waals surface area (Å²) >= 11 is 0. The number of aromatic nitrogens is 3. The van der Waals surface area contributed by atoms with E-state index in [4.69, 9.17) is 26.5 Å². The first-order valence-electron chi connectivity index (χ1n) is 43.0. The highest BCUT2D eigenvalue weighted by atomic mass is 16.3. The molecule has 0 saturated carbocycles. The molecule has 9 aromatic heterocycles. The Morgan fingerprint density at radius 1 is 0.167 bits per heavy atom. The summed E-state index contributed by atoms with van der Waals surface area (Å²) in [4.78, 5) is 0. The summed E-state index contributed by atoms with van der Waals surface area (Å²) in [5.74, 6) is 0. The summed E-state index contributed by atoms with van der Waals surface area (Å²) in [6, 6.07) is 140. The second-order valence-corrected chi connectivity index (χ2v) is 34.1. The highest BCUT2D eigenvalue weighted by molar-refractivity contribution is 6.21. The van der Waals surface area contributed by atoms with Crippen LogP contribution < -0.4 is 0 Å². The molecule has 28 aromatic rings. The molecule has 9 heteroatoms. The van der Waals surface area contributed by atoms with Crippen LogP contribution in [0.3, 0.4) is 0 Å². The monoisotopic (exact) mass is 1610 g/mol. The second kappa shape index (κ2) is 26.7. The average Bonchev–Trinajstić information content (AvgIpc) is 1.56. The number of para-hydroxylation sites is 10. The number of hydrogen-bond acceptors (Lipinski definition) is 6. The molecule has 0 amide bonds. The molecule has 1 aliphatic rings. The van der Waals surface area contributed by atoms with Crippen molar-refractivity contribution in [2.45, 2.75) is 19.3 Å². The van der Waals surface area contributed by atoms with Crippen molar-refractivity contribution in [1.29, 1.82) is 0 Å². The fraction of sp³-hybridized carbons (Fsp3) is 0.0256. The summed E-state index contributed by atoms with van der Waals surface area (Å²) in [5, 5.41) is 21.2. The summed E-state index contributed by atoms with van der Waals surface area (Å²) in [6.07, 6.45) is 0. The molecule has 590 valence electrons. The Morgan fingerprint density at radius 2 is 0.460 bits per heavy atom. The predicted molar refractivity (Wildman–Crippen MR) is 520 cm³/mol. The van der Waals surface area contributed by atoms with E-state index in [2.05, 4.69) is 355 Å². The molecule has 9 heterocycles. The van der Waals surface area contributed by atoms with Crippen molar-refractivity contribution in [1.82, 2.24) is 13.7 Å². The standard InChI is InChI=1S/C45H29NO2.2C36H21NO2/c1-45(2)37-22-27(26-16-20-43-35(21-26)32-10-4-7-13-41(32)47-43)15-18-29(37)30-19-17-28(23-38(30)45)46-39-12-6-3-9-31(39)34-24-36-33-11-5-8-14-42(33)48-44(36)25-40(34)46;1-4-13-31-25(8-1)29-20-30-27-10-3-5-14-33(27)38-35(30)21-32(29)37(31)23-18-16-22(17-19-23)24-11-7-12-28-26-9-2-6-15-34(26)39-36(24)28;1-4-10-31-25(7-1)28-20-30-27-9-3-6-12-34(27)39-36(30)21-32(28)37(31)24-16-13-22(14-17-24)23-15-18-35-29(19-23)26-8-2-5-11-33(26)38-35/h3-25H,1-2H3;2*1-21H. The van der Waals surface area contributed by atoms with Gasteiger partial charge in [-0.15, -0.1) is 0 Å². The number of benzene rings is 19. The third-order valence-corrected chi connectivity index (χ3v) is 26.8. The molecule has 0 aliphatic heterocycles. The van der Waals surface area contributed by atoms with Gasteiger partial charge in [0.2, 0.25) is 0 Å². The number of nitrogens with zero attached hydrogens (tertiary/aromatic N) is 3. The summed E-state index contributed by atoms with van der Waals surface area (Å²) in [7, 11) is 0. The van der Waals surface area contributed by atoms with Crippen LogP contribution in [0.2, 0.25) is 0 Å². The van der Waals surface area contributed by atoms with Crippen molar-refractivity contribution in [3.63, 3.8) is 0 Å². The molecule has 1 aliphatic carbocycles. The zero-order valence-corrected chi connectivity index (χ0v) is 68.3. The lowest BCUT2D eigenvalue weighted by atomic mass is 9.81. The Morgan fingerprint density at radius 3 is 0.897 bits per heavy atom. The quantitative estimate of drug-likeness (QED) is 0.165. The van der Waals surface area contributed by atoms with Crippen LogP contribution in [-0.4, -0.2) is 13.7 Å². The molecule has 0 spiro atoms. The van der Waals surface area contributed by atoms with Crippen LogP contribution in [-0.2, 0) is 5.41 Å². The lowest BCUT2D eigenvalue weighted by molar-refractivity contribution is 0.660. The van der Waals surface area contributed by atoms with E-state index in [1.54, 1.807) is 0 Å². The van der Waals surface area contributed by atoms with Gasteiger partial charge in [0, 0.05) is 143 Å². The number of hydrogen-bond donors (Lipinski definition) is 0. The Bertz CT molecular complexity index is 9460. The molecule has 0 unspecified atom stereocenters. The topological polar surface area (TPSA) is 93.6 Å². The first-order chi connectivity index (χ1) is 62.2. The predicted octanol–water partition coefficient (Wildman–Crippen LogP) is 33.1. The van der Waals surface area contributed by atoms with Gasteiger partial charge in [-0.3, -0.25) is 0 Å². The second-order valence-electron chi connectivity index (χ2n) is 34.1. The van der Waals surface area contributed by atoms with Crippen LogP contribution in [0, 0.1) is 0 Å². The zero-order valence-electron chi connectivity index (χ0n) is 68.3. The molecule has 19 aromatic carbocycles. The minimum absolute atomic E-state index is 0.173. The number of rotatable bonds is 6. The Labute approximate surface area is 718 Å². The van der Waals surface area contributed by atoms with Gasteiger partial charge in [0.25, 0.3) is 0 Å². The maximum atomic E-state index is 6.37. The van der Waals surface area contributed by atoms with Crippen molar-refractivity contribution >= 4 is 197 Å². The fourth-order valence-corrected chi connectivity index (χ4v) is 20.8. The van der Waals surface area contributed by atoms with Gasteiger partial charge < -0.3 is 40.2 Å². The van der Waals surface area contributed by atoms with Crippen molar-refractivity contribution < 1.29 is 26.5 Å². The van der Waals surface area contributed by atoms with E-state index in [9.17, 15) is 0 Å². The van der Waals surface area contributed by atoms with E-state index >= 15 is 0 Å². The van der Waals surface area contributed by atoms with E-state index < -0.39 is 0 Å². The minimum Gasteiger partial charge on any atom is -0.456 e. The van der Waals surface area contributed by atoms with Crippen LogP contribution in [0.5, 0.6) is 0 Å². The van der Waals surface area contributed by atoms with E-state index in [0.29, 0.717) is 0 Å². The Kier molecular flexibility index (Phi) is 14.8.